The van der Waals surface area contributed by atoms with E-state index >= 15 is 0 Å². The highest BCUT2D eigenvalue weighted by Crippen LogP contribution is 2.39. The number of rotatable bonds is 7. The van der Waals surface area contributed by atoms with Crippen molar-refractivity contribution in [3.05, 3.63) is 41.3 Å². The van der Waals surface area contributed by atoms with Crippen LogP contribution >= 0.6 is 0 Å². The summed E-state index contributed by atoms with van der Waals surface area (Å²) in [5.74, 6) is 0.207. The summed E-state index contributed by atoms with van der Waals surface area (Å²) in [5.41, 5.74) is -0.666. The Morgan fingerprint density at radius 2 is 1.87 bits per heavy atom. The first-order chi connectivity index (χ1) is 13.8. The summed E-state index contributed by atoms with van der Waals surface area (Å²) in [6.45, 7) is 8.56. The van der Waals surface area contributed by atoms with Crippen molar-refractivity contribution < 1.29 is 27.8 Å². The topological polar surface area (TPSA) is 84.3 Å². The van der Waals surface area contributed by atoms with Crippen LogP contribution in [0.2, 0.25) is 0 Å². The van der Waals surface area contributed by atoms with E-state index in [1.807, 2.05) is 13.8 Å². The second kappa shape index (κ2) is 8.89. The SMILES string of the molecule is Cc1cc(-c2ccc(OCC(C)(CC(C)C)NC(=O)O)c(C(F)(F)F)c2)nc(C)n1. The number of hydrogen-bond acceptors (Lipinski definition) is 4. The smallest absolute Gasteiger partial charge is 0.419 e. The highest BCUT2D eigenvalue weighted by Gasteiger charge is 2.36. The van der Waals surface area contributed by atoms with E-state index in [0.717, 1.165) is 6.07 Å². The summed E-state index contributed by atoms with van der Waals surface area (Å²) in [4.78, 5) is 19.5. The molecule has 0 saturated heterocycles. The number of nitrogens with zero attached hydrogens (tertiary/aromatic N) is 2. The van der Waals surface area contributed by atoms with Gasteiger partial charge in [-0.2, -0.15) is 13.2 Å². The molecule has 1 aromatic heterocycles. The summed E-state index contributed by atoms with van der Waals surface area (Å²) in [7, 11) is 0. The number of halogens is 3. The summed E-state index contributed by atoms with van der Waals surface area (Å²) >= 11 is 0. The lowest BCUT2D eigenvalue weighted by Crippen LogP contribution is -2.50. The molecule has 0 radical (unpaired) electrons. The molecule has 1 amide bonds. The standard InChI is InChI=1S/C21H26F3N3O3/c1-12(2)10-20(5,27-19(28)29)11-30-18-7-6-15(9-16(18)21(22,23)24)17-8-13(3)25-14(4)26-17/h6-9,12,27H,10-11H2,1-5H3,(H,28,29). The van der Waals surface area contributed by atoms with Gasteiger partial charge in [-0.1, -0.05) is 13.8 Å². The zero-order chi connectivity index (χ0) is 22.7. The van der Waals surface area contributed by atoms with Gasteiger partial charge in [-0.25, -0.2) is 14.8 Å². The lowest BCUT2D eigenvalue weighted by molar-refractivity contribution is -0.139. The molecule has 1 aromatic carbocycles. The number of ether oxygens (including phenoxy) is 1. The largest absolute Gasteiger partial charge is 0.491 e. The Balaban J connectivity index is 2.39. The van der Waals surface area contributed by atoms with E-state index in [4.69, 9.17) is 9.84 Å². The van der Waals surface area contributed by atoms with Gasteiger partial charge in [-0.15, -0.1) is 0 Å². The van der Waals surface area contributed by atoms with Gasteiger partial charge in [0.05, 0.1) is 16.8 Å². The third kappa shape index (κ3) is 6.33. The first kappa shape index (κ1) is 23.4. The molecule has 164 valence electrons. The molecule has 0 bridgehead atoms. The number of amides is 1. The molecule has 0 aliphatic rings. The van der Waals surface area contributed by atoms with E-state index in [1.165, 1.54) is 12.1 Å². The minimum absolute atomic E-state index is 0.110. The van der Waals surface area contributed by atoms with Gasteiger partial charge in [0.25, 0.3) is 0 Å². The quantitative estimate of drug-likeness (QED) is 0.635. The van der Waals surface area contributed by atoms with E-state index in [0.29, 0.717) is 23.6 Å². The van der Waals surface area contributed by atoms with Crippen LogP contribution in [-0.2, 0) is 6.18 Å². The summed E-state index contributed by atoms with van der Waals surface area (Å²) in [6, 6.07) is 5.33. The Morgan fingerprint density at radius 1 is 1.20 bits per heavy atom. The van der Waals surface area contributed by atoms with E-state index in [2.05, 4.69) is 15.3 Å². The van der Waals surface area contributed by atoms with Gasteiger partial charge in [0.15, 0.2) is 0 Å². The average molecular weight is 425 g/mol. The number of carbonyl (C=O) groups is 1. The molecule has 2 rings (SSSR count). The number of alkyl halides is 3. The second-order valence-corrected chi connectivity index (χ2v) is 8.03. The van der Waals surface area contributed by atoms with Crippen molar-refractivity contribution in [2.24, 2.45) is 5.92 Å². The van der Waals surface area contributed by atoms with Crippen molar-refractivity contribution in [1.29, 1.82) is 0 Å². The minimum Gasteiger partial charge on any atom is -0.491 e. The maximum absolute atomic E-state index is 13.7. The molecular weight excluding hydrogens is 399 g/mol. The van der Waals surface area contributed by atoms with Crippen LogP contribution < -0.4 is 10.1 Å². The normalized spacial score (nSPS) is 13.8. The number of benzene rings is 1. The lowest BCUT2D eigenvalue weighted by atomic mass is 9.91. The van der Waals surface area contributed by atoms with Gasteiger partial charge in [-0.3, -0.25) is 0 Å². The molecule has 0 spiro atoms. The van der Waals surface area contributed by atoms with E-state index < -0.39 is 23.4 Å². The first-order valence-electron chi connectivity index (χ1n) is 9.47. The molecule has 0 saturated carbocycles. The fourth-order valence-electron chi connectivity index (χ4n) is 3.44. The van der Waals surface area contributed by atoms with Crippen molar-refractivity contribution >= 4 is 6.09 Å². The van der Waals surface area contributed by atoms with Gasteiger partial charge < -0.3 is 15.2 Å². The molecule has 0 aliphatic carbocycles. The minimum atomic E-state index is -4.66. The van der Waals surface area contributed by atoms with Crippen molar-refractivity contribution in [3.8, 4) is 17.0 Å². The Bertz CT molecular complexity index is 896. The van der Waals surface area contributed by atoms with Gasteiger partial charge >= 0.3 is 12.3 Å². The third-order valence-corrected chi connectivity index (χ3v) is 4.36. The number of aromatic nitrogens is 2. The highest BCUT2D eigenvalue weighted by molar-refractivity contribution is 5.65. The first-order valence-corrected chi connectivity index (χ1v) is 9.47. The van der Waals surface area contributed by atoms with Crippen LogP contribution in [0, 0.1) is 19.8 Å². The number of nitrogens with one attached hydrogen (secondary N) is 1. The summed E-state index contributed by atoms with van der Waals surface area (Å²) < 4.78 is 46.7. The predicted molar refractivity (Wildman–Crippen MR) is 106 cm³/mol. The maximum atomic E-state index is 13.7. The Kier molecular flexibility index (Phi) is 6.95. The van der Waals surface area contributed by atoms with Gasteiger partial charge in [-0.05, 0) is 57.4 Å². The summed E-state index contributed by atoms with van der Waals surface area (Å²) in [5, 5.41) is 11.5. The van der Waals surface area contributed by atoms with Gasteiger partial charge in [0.2, 0.25) is 0 Å². The third-order valence-electron chi connectivity index (χ3n) is 4.36. The van der Waals surface area contributed by atoms with Crippen molar-refractivity contribution in [1.82, 2.24) is 15.3 Å². The van der Waals surface area contributed by atoms with Crippen molar-refractivity contribution in [2.75, 3.05) is 6.61 Å². The zero-order valence-electron chi connectivity index (χ0n) is 17.6. The second-order valence-electron chi connectivity index (χ2n) is 8.03. The van der Waals surface area contributed by atoms with Crippen LogP contribution in [0.1, 0.15) is 44.3 Å². The molecule has 2 aromatic rings. The summed E-state index contributed by atoms with van der Waals surface area (Å²) in [6.07, 6.45) is -5.52. The molecule has 30 heavy (non-hydrogen) atoms. The number of carboxylic acid groups (broad SMARTS) is 1. The van der Waals surface area contributed by atoms with Crippen LogP contribution in [0.25, 0.3) is 11.3 Å². The molecule has 0 fully saturated rings. The van der Waals surface area contributed by atoms with Gasteiger partial charge in [0, 0.05) is 11.3 Å². The zero-order valence-corrected chi connectivity index (χ0v) is 17.6. The molecule has 1 heterocycles. The molecule has 1 unspecified atom stereocenters. The highest BCUT2D eigenvalue weighted by atomic mass is 19.4. The fourth-order valence-corrected chi connectivity index (χ4v) is 3.44. The average Bonchev–Trinajstić information content (AvgIpc) is 2.56. The Labute approximate surface area is 173 Å². The molecule has 0 aliphatic heterocycles. The van der Waals surface area contributed by atoms with Crippen LogP contribution in [0.4, 0.5) is 18.0 Å². The monoisotopic (exact) mass is 425 g/mol. The number of aryl methyl sites for hydroxylation is 2. The Hall–Kier alpha value is -2.84. The maximum Gasteiger partial charge on any atom is 0.419 e. The molecular formula is C21H26F3N3O3. The number of hydrogen-bond donors (Lipinski definition) is 2. The molecule has 2 N–H and O–H groups in total. The Morgan fingerprint density at radius 3 is 2.40 bits per heavy atom. The van der Waals surface area contributed by atoms with Crippen molar-refractivity contribution in [3.63, 3.8) is 0 Å². The fraction of sp³-hybridized carbons (Fsp3) is 0.476. The van der Waals surface area contributed by atoms with Crippen LogP contribution in [-0.4, -0.2) is 33.3 Å². The van der Waals surface area contributed by atoms with E-state index in [9.17, 15) is 18.0 Å². The van der Waals surface area contributed by atoms with E-state index in [-0.39, 0.29) is 23.8 Å². The lowest BCUT2D eigenvalue weighted by Gasteiger charge is -2.31. The molecule has 9 heteroatoms. The van der Waals surface area contributed by atoms with Crippen LogP contribution in [0.3, 0.4) is 0 Å². The van der Waals surface area contributed by atoms with Gasteiger partial charge in [0.1, 0.15) is 18.2 Å². The molecule has 6 nitrogen and oxygen atoms in total. The van der Waals surface area contributed by atoms with Crippen molar-refractivity contribution in [2.45, 2.75) is 52.8 Å². The van der Waals surface area contributed by atoms with Crippen LogP contribution in [0.15, 0.2) is 24.3 Å². The predicted octanol–water partition coefficient (Wildman–Crippen LogP) is 5.23. The van der Waals surface area contributed by atoms with Crippen LogP contribution in [0.5, 0.6) is 5.75 Å². The van der Waals surface area contributed by atoms with E-state index in [1.54, 1.807) is 26.8 Å². The molecule has 1 atom stereocenters.